The van der Waals surface area contributed by atoms with Gasteiger partial charge in [0.05, 0.1) is 13.2 Å². The molecule has 4 nitrogen and oxygen atoms in total. The fourth-order valence-corrected chi connectivity index (χ4v) is 2.19. The van der Waals surface area contributed by atoms with Crippen molar-refractivity contribution in [1.82, 2.24) is 0 Å². The van der Waals surface area contributed by atoms with E-state index in [1.165, 1.54) is 25.7 Å². The molecule has 0 fully saturated rings. The molecule has 0 saturated carbocycles. The van der Waals surface area contributed by atoms with Gasteiger partial charge in [-0.3, -0.25) is 9.59 Å². The Morgan fingerprint density at radius 2 is 1.00 bits per heavy atom. The maximum Gasteiger partial charge on any atom is 0.322 e. The minimum atomic E-state index is -1.22. The molecule has 0 saturated heterocycles. The molecule has 0 N–H and O–H groups in total. The molecule has 0 amide bonds. The molecule has 0 aliphatic rings. The first-order valence-electron chi connectivity index (χ1n) is 9.31. The number of hydrogen-bond acceptors (Lipinski definition) is 4. The SMILES string of the molecule is CCCCCCCCOC(=O)C(C)(C)C(=O)OCCCCCC. The van der Waals surface area contributed by atoms with Crippen LogP contribution in [-0.4, -0.2) is 25.2 Å². The summed E-state index contributed by atoms with van der Waals surface area (Å²) in [5.41, 5.74) is -1.22. The molecule has 136 valence electrons. The number of hydrogen-bond donors (Lipinski definition) is 0. The van der Waals surface area contributed by atoms with Crippen LogP contribution in [0.25, 0.3) is 0 Å². The first kappa shape index (κ1) is 21.9. The Balaban J connectivity index is 3.87. The quantitative estimate of drug-likeness (QED) is 0.255. The normalized spacial score (nSPS) is 11.3. The summed E-state index contributed by atoms with van der Waals surface area (Å²) in [4.78, 5) is 24.1. The molecule has 0 heterocycles. The summed E-state index contributed by atoms with van der Waals surface area (Å²) in [5, 5.41) is 0. The van der Waals surface area contributed by atoms with E-state index in [0.29, 0.717) is 13.2 Å². The second-order valence-electron chi connectivity index (χ2n) is 6.73. The van der Waals surface area contributed by atoms with Crippen molar-refractivity contribution in [3.05, 3.63) is 0 Å². The van der Waals surface area contributed by atoms with Gasteiger partial charge in [0.25, 0.3) is 0 Å². The van der Waals surface area contributed by atoms with Gasteiger partial charge in [0.15, 0.2) is 5.41 Å². The molecule has 4 heteroatoms. The van der Waals surface area contributed by atoms with Gasteiger partial charge >= 0.3 is 11.9 Å². The summed E-state index contributed by atoms with van der Waals surface area (Å²) in [5.74, 6) is -0.966. The zero-order chi connectivity index (χ0) is 17.6. The number of ether oxygens (including phenoxy) is 2. The first-order chi connectivity index (χ1) is 11.0. The summed E-state index contributed by atoms with van der Waals surface area (Å²) in [6.45, 7) is 8.24. The highest BCUT2D eigenvalue weighted by Gasteiger charge is 2.39. The monoisotopic (exact) mass is 328 g/mol. The minimum Gasteiger partial charge on any atom is -0.465 e. The number of carbonyl (C=O) groups is 2. The van der Waals surface area contributed by atoms with Crippen molar-refractivity contribution in [1.29, 1.82) is 0 Å². The van der Waals surface area contributed by atoms with Gasteiger partial charge in [-0.05, 0) is 26.7 Å². The Kier molecular flexibility index (Phi) is 12.8. The number of carbonyl (C=O) groups excluding carboxylic acids is 2. The van der Waals surface area contributed by atoms with Crippen molar-refractivity contribution in [2.45, 2.75) is 91.9 Å². The molecule has 0 aliphatic heterocycles. The van der Waals surface area contributed by atoms with Crippen LogP contribution in [0.15, 0.2) is 0 Å². The van der Waals surface area contributed by atoms with E-state index in [9.17, 15) is 9.59 Å². The van der Waals surface area contributed by atoms with Crippen molar-refractivity contribution in [3.8, 4) is 0 Å². The van der Waals surface area contributed by atoms with Gasteiger partial charge in [0, 0.05) is 0 Å². The highest BCUT2D eigenvalue weighted by molar-refractivity contribution is 5.99. The smallest absolute Gasteiger partial charge is 0.322 e. The lowest BCUT2D eigenvalue weighted by atomic mass is 9.94. The fraction of sp³-hybridized carbons (Fsp3) is 0.895. The van der Waals surface area contributed by atoms with Crippen LogP contribution in [-0.2, 0) is 19.1 Å². The van der Waals surface area contributed by atoms with Crippen LogP contribution in [0.5, 0.6) is 0 Å². The predicted octanol–water partition coefficient (Wildman–Crippen LogP) is 5.04. The second-order valence-corrected chi connectivity index (χ2v) is 6.73. The summed E-state index contributed by atoms with van der Waals surface area (Å²) < 4.78 is 10.4. The lowest BCUT2D eigenvalue weighted by Crippen LogP contribution is -2.37. The van der Waals surface area contributed by atoms with E-state index in [4.69, 9.17) is 9.47 Å². The average molecular weight is 328 g/mol. The van der Waals surface area contributed by atoms with Crippen molar-refractivity contribution in [2.75, 3.05) is 13.2 Å². The number of unbranched alkanes of at least 4 members (excludes halogenated alkanes) is 8. The maximum absolute atomic E-state index is 12.1. The minimum absolute atomic E-state index is 0.382. The van der Waals surface area contributed by atoms with Gasteiger partial charge in [0.1, 0.15) is 0 Å². The molecule has 0 spiro atoms. The largest absolute Gasteiger partial charge is 0.465 e. The first-order valence-corrected chi connectivity index (χ1v) is 9.31. The van der Waals surface area contributed by atoms with Gasteiger partial charge in [-0.2, -0.15) is 0 Å². The molecule has 0 atom stereocenters. The summed E-state index contributed by atoms with van der Waals surface area (Å²) in [7, 11) is 0. The van der Waals surface area contributed by atoms with Crippen molar-refractivity contribution >= 4 is 11.9 Å². The van der Waals surface area contributed by atoms with Crippen LogP contribution >= 0.6 is 0 Å². The van der Waals surface area contributed by atoms with Gasteiger partial charge in [-0.25, -0.2) is 0 Å². The van der Waals surface area contributed by atoms with Gasteiger partial charge < -0.3 is 9.47 Å². The highest BCUT2D eigenvalue weighted by Crippen LogP contribution is 2.20. The van der Waals surface area contributed by atoms with E-state index in [1.54, 1.807) is 13.8 Å². The third-order valence-electron chi connectivity index (χ3n) is 3.98. The Hall–Kier alpha value is -1.06. The molecule has 23 heavy (non-hydrogen) atoms. The number of rotatable bonds is 14. The molecular weight excluding hydrogens is 292 g/mol. The topological polar surface area (TPSA) is 52.6 Å². The fourth-order valence-electron chi connectivity index (χ4n) is 2.19. The van der Waals surface area contributed by atoms with Gasteiger partial charge in [0.2, 0.25) is 0 Å². The number of esters is 2. The lowest BCUT2D eigenvalue weighted by molar-refractivity contribution is -0.169. The zero-order valence-electron chi connectivity index (χ0n) is 15.6. The van der Waals surface area contributed by atoms with Crippen LogP contribution < -0.4 is 0 Å². The van der Waals surface area contributed by atoms with Crippen LogP contribution in [0.1, 0.15) is 91.9 Å². The van der Waals surface area contributed by atoms with Crippen molar-refractivity contribution in [2.24, 2.45) is 5.41 Å². The van der Waals surface area contributed by atoms with E-state index >= 15 is 0 Å². The molecular formula is C19H36O4. The van der Waals surface area contributed by atoms with Crippen LogP contribution in [0.2, 0.25) is 0 Å². The molecule has 0 aromatic carbocycles. The third-order valence-corrected chi connectivity index (χ3v) is 3.98. The van der Waals surface area contributed by atoms with Crippen LogP contribution in [0.4, 0.5) is 0 Å². The highest BCUT2D eigenvalue weighted by atomic mass is 16.6. The Bertz CT molecular complexity index is 323. The van der Waals surface area contributed by atoms with E-state index in [0.717, 1.165) is 38.5 Å². The zero-order valence-corrected chi connectivity index (χ0v) is 15.6. The van der Waals surface area contributed by atoms with Crippen molar-refractivity contribution in [3.63, 3.8) is 0 Å². The summed E-state index contributed by atoms with van der Waals surface area (Å²) in [6, 6.07) is 0. The van der Waals surface area contributed by atoms with E-state index in [2.05, 4.69) is 13.8 Å². The van der Waals surface area contributed by atoms with E-state index in [-0.39, 0.29) is 0 Å². The third kappa shape index (κ3) is 10.4. The Morgan fingerprint density at radius 1 is 0.652 bits per heavy atom. The average Bonchev–Trinajstić information content (AvgIpc) is 2.53. The molecule has 0 aromatic heterocycles. The van der Waals surface area contributed by atoms with E-state index in [1.807, 2.05) is 0 Å². The molecule has 0 aliphatic carbocycles. The standard InChI is InChI=1S/C19H36O4/c1-5-7-9-11-12-14-16-23-18(21)19(3,4)17(20)22-15-13-10-8-6-2/h5-16H2,1-4H3. The molecule has 0 aromatic rings. The van der Waals surface area contributed by atoms with Crippen molar-refractivity contribution < 1.29 is 19.1 Å². The Morgan fingerprint density at radius 3 is 1.43 bits per heavy atom. The molecule has 0 bridgehead atoms. The van der Waals surface area contributed by atoms with Crippen LogP contribution in [0, 0.1) is 5.41 Å². The van der Waals surface area contributed by atoms with E-state index < -0.39 is 17.4 Å². The predicted molar refractivity (Wildman–Crippen MR) is 93.2 cm³/mol. The van der Waals surface area contributed by atoms with Gasteiger partial charge in [-0.15, -0.1) is 0 Å². The maximum atomic E-state index is 12.1. The molecule has 0 rings (SSSR count). The molecule has 0 unspecified atom stereocenters. The summed E-state index contributed by atoms with van der Waals surface area (Å²) >= 11 is 0. The lowest BCUT2D eigenvalue weighted by Gasteiger charge is -2.20. The summed E-state index contributed by atoms with van der Waals surface area (Å²) in [6.07, 6.45) is 11.0. The molecule has 0 radical (unpaired) electrons. The second kappa shape index (κ2) is 13.4. The van der Waals surface area contributed by atoms with Gasteiger partial charge in [-0.1, -0.05) is 65.2 Å². The Labute approximate surface area is 142 Å². The van der Waals surface area contributed by atoms with Crippen LogP contribution in [0.3, 0.4) is 0 Å².